The number of nitrogens with zero attached hydrogens (tertiary/aromatic N) is 1. The predicted octanol–water partition coefficient (Wildman–Crippen LogP) is 1.98. The predicted molar refractivity (Wildman–Crippen MR) is 67.8 cm³/mol. The maximum absolute atomic E-state index is 11.9. The second kappa shape index (κ2) is 4.55. The second-order valence-corrected chi connectivity index (χ2v) is 4.42. The van der Waals surface area contributed by atoms with Gasteiger partial charge >= 0.3 is 0 Å². The minimum atomic E-state index is -0.0534. The topological polar surface area (TPSA) is 41.6 Å². The van der Waals surface area contributed by atoms with Crippen LogP contribution >= 0.6 is 11.6 Å². The Labute approximate surface area is 106 Å². The van der Waals surface area contributed by atoms with Gasteiger partial charge in [0, 0.05) is 25.1 Å². The molecule has 0 spiro atoms. The fraction of sp³-hybridized carbons (Fsp3) is 0.417. The third-order valence-electron chi connectivity index (χ3n) is 3.13. The van der Waals surface area contributed by atoms with Crippen molar-refractivity contribution in [2.24, 2.45) is 0 Å². The maximum Gasteiger partial charge on any atom is 0.228 e. The molecule has 17 heavy (non-hydrogen) atoms. The van der Waals surface area contributed by atoms with Crippen LogP contribution in [0.2, 0.25) is 5.02 Å². The van der Waals surface area contributed by atoms with Crippen molar-refractivity contribution in [3.8, 4) is 5.75 Å². The lowest BCUT2D eigenvalue weighted by atomic mass is 9.95. The molecule has 0 radical (unpaired) electrons. The molecule has 4 nitrogen and oxygen atoms in total. The van der Waals surface area contributed by atoms with Gasteiger partial charge in [-0.1, -0.05) is 11.6 Å². The van der Waals surface area contributed by atoms with Crippen LogP contribution in [0.1, 0.15) is 18.0 Å². The summed E-state index contributed by atoms with van der Waals surface area (Å²) in [4.78, 5) is 13.5. The van der Waals surface area contributed by atoms with Gasteiger partial charge in [-0.05, 0) is 19.2 Å². The molecule has 0 aliphatic carbocycles. The molecule has 0 bridgehead atoms. The van der Waals surface area contributed by atoms with Gasteiger partial charge in [0.05, 0.1) is 17.8 Å². The van der Waals surface area contributed by atoms with Crippen LogP contribution < -0.4 is 15.0 Å². The molecule has 5 heteroatoms. The van der Waals surface area contributed by atoms with Crippen molar-refractivity contribution < 1.29 is 9.53 Å². The van der Waals surface area contributed by atoms with Crippen molar-refractivity contribution in [2.75, 3.05) is 26.1 Å². The molecule has 1 amide bonds. The number of amides is 1. The van der Waals surface area contributed by atoms with Gasteiger partial charge in [0.15, 0.2) is 0 Å². The number of methoxy groups -OCH3 is 1. The van der Waals surface area contributed by atoms with E-state index in [0.717, 1.165) is 17.0 Å². The van der Waals surface area contributed by atoms with E-state index in [1.54, 1.807) is 25.1 Å². The standard InChI is InChI=1S/C12H15ClN2O2/c1-14-8-6-10(16)15(2)12-7(13)4-5-9(17-3)11(8)12/h4-5,8,14H,6H2,1-3H3. The van der Waals surface area contributed by atoms with E-state index < -0.39 is 0 Å². The SMILES string of the molecule is CNC1CC(=O)N(C)c2c(Cl)ccc(OC)c21. The zero-order valence-electron chi connectivity index (χ0n) is 10.1. The first-order valence-corrected chi connectivity index (χ1v) is 5.78. The van der Waals surface area contributed by atoms with Crippen LogP contribution in [0, 0.1) is 0 Å². The molecule has 0 saturated heterocycles. The molecule has 1 aliphatic heterocycles. The lowest BCUT2D eigenvalue weighted by molar-refractivity contribution is -0.119. The van der Waals surface area contributed by atoms with Crippen LogP contribution in [0.15, 0.2) is 12.1 Å². The minimum absolute atomic E-state index is 0.0482. The van der Waals surface area contributed by atoms with Crippen LogP contribution in [0.5, 0.6) is 5.75 Å². The third kappa shape index (κ3) is 1.87. The molecule has 1 N–H and O–H groups in total. The number of nitrogens with one attached hydrogen (secondary N) is 1. The maximum atomic E-state index is 11.9. The van der Waals surface area contributed by atoms with E-state index in [2.05, 4.69) is 5.32 Å². The van der Waals surface area contributed by atoms with Crippen molar-refractivity contribution in [2.45, 2.75) is 12.5 Å². The van der Waals surface area contributed by atoms with Crippen molar-refractivity contribution in [3.63, 3.8) is 0 Å². The Morgan fingerprint density at radius 3 is 2.82 bits per heavy atom. The van der Waals surface area contributed by atoms with Crippen LogP contribution in [0.25, 0.3) is 0 Å². The van der Waals surface area contributed by atoms with Gasteiger partial charge in [-0.2, -0.15) is 0 Å². The zero-order valence-corrected chi connectivity index (χ0v) is 10.8. The number of ether oxygens (including phenoxy) is 1. The first kappa shape index (κ1) is 12.2. The van der Waals surface area contributed by atoms with Crippen molar-refractivity contribution in [1.82, 2.24) is 5.32 Å². The van der Waals surface area contributed by atoms with Gasteiger partial charge in [-0.15, -0.1) is 0 Å². The van der Waals surface area contributed by atoms with E-state index in [0.29, 0.717) is 11.4 Å². The monoisotopic (exact) mass is 254 g/mol. The second-order valence-electron chi connectivity index (χ2n) is 4.01. The molecule has 92 valence electrons. The number of hydrogen-bond acceptors (Lipinski definition) is 3. The molecule has 1 atom stereocenters. The fourth-order valence-corrected chi connectivity index (χ4v) is 2.49. The summed E-state index contributed by atoms with van der Waals surface area (Å²) in [6.45, 7) is 0. The van der Waals surface area contributed by atoms with Crippen LogP contribution in [-0.2, 0) is 4.79 Å². The van der Waals surface area contributed by atoms with E-state index >= 15 is 0 Å². The number of hydrogen-bond donors (Lipinski definition) is 1. The van der Waals surface area contributed by atoms with Crippen molar-refractivity contribution in [3.05, 3.63) is 22.7 Å². The average molecular weight is 255 g/mol. The highest BCUT2D eigenvalue weighted by atomic mass is 35.5. The highest BCUT2D eigenvalue weighted by Gasteiger charge is 2.32. The Bertz CT molecular complexity index is 462. The van der Waals surface area contributed by atoms with Gasteiger partial charge in [0.2, 0.25) is 5.91 Å². The molecule has 0 fully saturated rings. The summed E-state index contributed by atoms with van der Waals surface area (Å²) in [6.07, 6.45) is 0.413. The van der Waals surface area contributed by atoms with Crippen LogP contribution in [0.3, 0.4) is 0 Å². The summed E-state index contributed by atoms with van der Waals surface area (Å²) in [5.74, 6) is 0.801. The summed E-state index contributed by atoms with van der Waals surface area (Å²) in [5, 5.41) is 3.69. The first-order valence-electron chi connectivity index (χ1n) is 5.40. The Morgan fingerprint density at radius 2 is 2.24 bits per heavy atom. The quantitative estimate of drug-likeness (QED) is 0.878. The Morgan fingerprint density at radius 1 is 1.53 bits per heavy atom. The zero-order chi connectivity index (χ0) is 12.6. The highest BCUT2D eigenvalue weighted by Crippen LogP contribution is 2.43. The van der Waals surface area contributed by atoms with E-state index in [4.69, 9.17) is 16.3 Å². The number of carbonyl (C=O) groups excluding carboxylic acids is 1. The number of rotatable bonds is 2. The summed E-state index contributed by atoms with van der Waals surface area (Å²) < 4.78 is 5.35. The summed E-state index contributed by atoms with van der Waals surface area (Å²) >= 11 is 6.18. The lowest BCUT2D eigenvalue weighted by Crippen LogP contribution is -2.37. The van der Waals surface area contributed by atoms with Gasteiger partial charge in [-0.3, -0.25) is 4.79 Å². The van der Waals surface area contributed by atoms with E-state index in [1.165, 1.54) is 0 Å². The Balaban J connectivity index is 2.67. The van der Waals surface area contributed by atoms with Gasteiger partial charge in [0.1, 0.15) is 5.75 Å². The summed E-state index contributed by atoms with van der Waals surface area (Å²) in [7, 11) is 5.18. The number of halogens is 1. The highest BCUT2D eigenvalue weighted by molar-refractivity contribution is 6.34. The van der Waals surface area contributed by atoms with Crippen LogP contribution in [-0.4, -0.2) is 27.1 Å². The van der Waals surface area contributed by atoms with Gasteiger partial charge < -0.3 is 15.0 Å². The summed E-state index contributed by atoms with van der Waals surface area (Å²) in [6, 6.07) is 3.53. The summed E-state index contributed by atoms with van der Waals surface area (Å²) in [5.41, 5.74) is 1.69. The third-order valence-corrected chi connectivity index (χ3v) is 3.44. The number of carbonyl (C=O) groups is 1. The molecule has 1 unspecified atom stereocenters. The number of fused-ring (bicyclic) bond motifs is 1. The normalized spacial score (nSPS) is 19.2. The molecule has 1 aromatic rings. The average Bonchev–Trinajstić information content (AvgIpc) is 2.33. The van der Waals surface area contributed by atoms with E-state index in [-0.39, 0.29) is 11.9 Å². The van der Waals surface area contributed by atoms with Crippen LogP contribution in [0.4, 0.5) is 5.69 Å². The molecule has 0 saturated carbocycles. The molecule has 1 heterocycles. The van der Waals surface area contributed by atoms with Crippen molar-refractivity contribution in [1.29, 1.82) is 0 Å². The van der Waals surface area contributed by atoms with Gasteiger partial charge in [-0.25, -0.2) is 0 Å². The van der Waals surface area contributed by atoms with Gasteiger partial charge in [0.25, 0.3) is 0 Å². The minimum Gasteiger partial charge on any atom is -0.496 e. The molecule has 1 aromatic carbocycles. The van der Waals surface area contributed by atoms with E-state index in [1.807, 2.05) is 13.1 Å². The fourth-order valence-electron chi connectivity index (χ4n) is 2.20. The number of anilines is 1. The molecular formula is C12H15ClN2O2. The Hall–Kier alpha value is -1.26. The van der Waals surface area contributed by atoms with Crippen molar-refractivity contribution >= 4 is 23.2 Å². The first-order chi connectivity index (χ1) is 8.10. The molecule has 1 aliphatic rings. The lowest BCUT2D eigenvalue weighted by Gasteiger charge is -2.33. The molecular weight excluding hydrogens is 240 g/mol. The smallest absolute Gasteiger partial charge is 0.228 e. The van der Waals surface area contributed by atoms with E-state index in [9.17, 15) is 4.79 Å². The number of benzene rings is 1. The Kier molecular flexibility index (Phi) is 3.26. The molecule has 0 aromatic heterocycles. The largest absolute Gasteiger partial charge is 0.496 e. The molecule has 2 rings (SSSR count).